The molecule has 1 aliphatic rings. The Kier molecular flexibility index (Phi) is 9.86. The first-order chi connectivity index (χ1) is 20.3. The average Bonchev–Trinajstić information content (AvgIpc) is 3.29. The molecule has 4 rings (SSSR count). The monoisotopic (exact) mass is 614 g/mol. The molecule has 1 aliphatic carbocycles. The number of thiophene rings is 1. The third kappa shape index (κ3) is 6.57. The summed E-state index contributed by atoms with van der Waals surface area (Å²) in [4.78, 5) is 53.8. The number of fused-ring (bicyclic) bond motifs is 1. The zero-order valence-corrected chi connectivity index (χ0v) is 26.5. The lowest BCUT2D eigenvalue weighted by Crippen LogP contribution is -2.52. The van der Waals surface area contributed by atoms with E-state index in [0.29, 0.717) is 35.4 Å². The van der Waals surface area contributed by atoms with Crippen LogP contribution in [0.25, 0.3) is 10.2 Å². The van der Waals surface area contributed by atoms with Crippen molar-refractivity contribution >= 4 is 33.5 Å². The molecule has 10 nitrogen and oxygen atoms in total. The Morgan fingerprint density at radius 3 is 2.37 bits per heavy atom. The van der Waals surface area contributed by atoms with Crippen LogP contribution in [-0.4, -0.2) is 50.1 Å². The fourth-order valence-electron chi connectivity index (χ4n) is 5.97. The van der Waals surface area contributed by atoms with Crippen molar-refractivity contribution < 1.29 is 29.3 Å². The predicted octanol–water partition coefficient (Wildman–Crippen LogP) is 5.04. The van der Waals surface area contributed by atoms with E-state index in [1.807, 2.05) is 38.1 Å². The number of aromatic nitrogens is 2. The molecule has 0 spiro atoms. The van der Waals surface area contributed by atoms with E-state index < -0.39 is 28.7 Å². The lowest BCUT2D eigenvalue weighted by molar-refractivity contribution is -0.146. The number of hydrogen-bond donors (Lipinski definition) is 2. The van der Waals surface area contributed by atoms with Crippen molar-refractivity contribution in [2.75, 3.05) is 6.61 Å². The summed E-state index contributed by atoms with van der Waals surface area (Å²) in [6, 6.07) is 7.68. The minimum atomic E-state index is -1.85. The molecule has 0 saturated heterocycles. The lowest BCUT2D eigenvalue weighted by Gasteiger charge is -2.31. The third-order valence-electron chi connectivity index (χ3n) is 8.31. The number of rotatable bonds is 11. The van der Waals surface area contributed by atoms with Crippen molar-refractivity contribution in [1.29, 1.82) is 0 Å². The van der Waals surface area contributed by atoms with E-state index in [4.69, 9.17) is 9.47 Å². The lowest BCUT2D eigenvalue weighted by atomic mass is 9.79. The van der Waals surface area contributed by atoms with Gasteiger partial charge in [0.1, 0.15) is 21.0 Å². The predicted molar refractivity (Wildman–Crippen MR) is 166 cm³/mol. The van der Waals surface area contributed by atoms with Crippen LogP contribution in [0, 0.1) is 12.8 Å². The van der Waals surface area contributed by atoms with E-state index in [9.17, 15) is 29.4 Å². The Labute approximate surface area is 254 Å². The molecule has 234 valence electrons. The molecule has 43 heavy (non-hydrogen) atoms. The van der Waals surface area contributed by atoms with Gasteiger partial charge in [-0.05, 0) is 96.8 Å². The summed E-state index contributed by atoms with van der Waals surface area (Å²) in [5.41, 5.74) is -2.11. The Balaban J connectivity index is 1.98. The highest BCUT2D eigenvalue weighted by Crippen LogP contribution is 2.39. The van der Waals surface area contributed by atoms with Crippen molar-refractivity contribution in [3.05, 3.63) is 61.1 Å². The van der Waals surface area contributed by atoms with E-state index in [2.05, 4.69) is 0 Å². The van der Waals surface area contributed by atoms with Gasteiger partial charge in [0, 0.05) is 12.5 Å². The van der Waals surface area contributed by atoms with Gasteiger partial charge in [0.15, 0.2) is 0 Å². The zero-order valence-electron chi connectivity index (χ0n) is 25.7. The normalized spacial score (nSPS) is 18.1. The van der Waals surface area contributed by atoms with Crippen LogP contribution in [0.4, 0.5) is 0 Å². The molecule has 2 N–H and O–H groups in total. The summed E-state index contributed by atoms with van der Waals surface area (Å²) < 4.78 is 13.7. The molecule has 0 unspecified atom stereocenters. The molecule has 1 aromatic carbocycles. The van der Waals surface area contributed by atoms with Gasteiger partial charge in [-0.15, -0.1) is 11.3 Å². The minimum absolute atomic E-state index is 0.0913. The fourth-order valence-corrected chi connectivity index (χ4v) is 7.17. The van der Waals surface area contributed by atoms with Crippen LogP contribution < -0.4 is 16.0 Å². The number of aryl methyl sites for hydroxylation is 1. The Morgan fingerprint density at radius 1 is 1.12 bits per heavy atom. The molecular weight excluding hydrogens is 572 g/mol. The molecule has 0 bridgehead atoms. The number of carbonyl (C=O) groups is 2. The van der Waals surface area contributed by atoms with Gasteiger partial charge in [0.05, 0.1) is 24.2 Å². The van der Waals surface area contributed by atoms with Gasteiger partial charge in [0.2, 0.25) is 0 Å². The maximum atomic E-state index is 14.2. The second-order valence-corrected chi connectivity index (χ2v) is 13.2. The molecule has 11 heteroatoms. The average molecular weight is 615 g/mol. The quantitative estimate of drug-likeness (QED) is 0.287. The van der Waals surface area contributed by atoms with Crippen LogP contribution in [0.15, 0.2) is 33.9 Å². The van der Waals surface area contributed by atoms with Crippen LogP contribution >= 0.6 is 11.3 Å². The molecule has 2 heterocycles. The van der Waals surface area contributed by atoms with Crippen LogP contribution in [0.3, 0.4) is 0 Å². The zero-order chi connectivity index (χ0) is 31.6. The number of aliphatic hydroxyl groups is 1. The van der Waals surface area contributed by atoms with Gasteiger partial charge in [-0.2, -0.15) is 0 Å². The SMILES string of the molecule is CCOC(=O)c1sc2c(c1C)c(=O)n(C(C)(C)C(=O)O)c(=O)n2C[C@H](C[C@H]1CC[C@@H](O)CC1)c1ccccc1OC(C)C. The topological polar surface area (TPSA) is 137 Å². The van der Waals surface area contributed by atoms with Gasteiger partial charge in [0.25, 0.3) is 5.56 Å². The molecule has 0 aliphatic heterocycles. The Hall–Kier alpha value is -3.44. The number of aliphatic hydroxyl groups excluding tert-OH is 1. The van der Waals surface area contributed by atoms with Crippen LogP contribution in [0.5, 0.6) is 5.75 Å². The van der Waals surface area contributed by atoms with E-state index in [1.54, 1.807) is 13.8 Å². The summed E-state index contributed by atoms with van der Waals surface area (Å²) in [6.07, 6.45) is 3.37. The number of nitrogens with zero attached hydrogens (tertiary/aromatic N) is 2. The second kappa shape index (κ2) is 13.1. The first-order valence-corrected chi connectivity index (χ1v) is 15.7. The summed E-state index contributed by atoms with van der Waals surface area (Å²) >= 11 is 1.02. The number of carboxylic acids is 1. The highest BCUT2D eigenvalue weighted by atomic mass is 32.1. The fraction of sp³-hybridized carbons (Fsp3) is 0.562. The number of ether oxygens (including phenoxy) is 2. The molecule has 1 atom stereocenters. The van der Waals surface area contributed by atoms with Gasteiger partial charge < -0.3 is 19.7 Å². The summed E-state index contributed by atoms with van der Waals surface area (Å²) in [5, 5.41) is 20.3. The summed E-state index contributed by atoms with van der Waals surface area (Å²) in [5.74, 6) is -1.20. The number of benzene rings is 1. The van der Waals surface area contributed by atoms with Crippen molar-refractivity contribution in [3.8, 4) is 5.75 Å². The van der Waals surface area contributed by atoms with E-state index in [1.165, 1.54) is 18.4 Å². The largest absolute Gasteiger partial charge is 0.491 e. The Morgan fingerprint density at radius 2 is 1.77 bits per heavy atom. The van der Waals surface area contributed by atoms with Crippen LogP contribution in [-0.2, 0) is 21.6 Å². The van der Waals surface area contributed by atoms with Gasteiger partial charge >= 0.3 is 17.6 Å². The standard InChI is InChI=1S/C32H42N2O8S/c1-7-41-29(37)26-19(4)25-27(36)34(32(5,6)30(38)39)31(40)33(28(25)43-26)17-21(16-20-12-14-22(35)15-13-20)23-10-8-9-11-24(23)42-18(2)3/h8-11,18,20-22,35H,7,12-17H2,1-6H3,(H,38,39)/t20-,21-,22+/m0/s1. The van der Waals surface area contributed by atoms with Crippen molar-refractivity contribution in [3.63, 3.8) is 0 Å². The number of aliphatic carboxylic acids is 1. The number of para-hydroxylation sites is 1. The third-order valence-corrected chi connectivity index (χ3v) is 9.61. The molecular formula is C32H42N2O8S. The molecule has 1 saturated carbocycles. The summed E-state index contributed by atoms with van der Waals surface area (Å²) in [7, 11) is 0. The highest BCUT2D eigenvalue weighted by Gasteiger charge is 2.36. The maximum Gasteiger partial charge on any atom is 0.348 e. The minimum Gasteiger partial charge on any atom is -0.491 e. The van der Waals surface area contributed by atoms with Crippen LogP contribution in [0.1, 0.15) is 93.4 Å². The molecule has 3 aromatic rings. The van der Waals surface area contributed by atoms with Crippen LogP contribution in [0.2, 0.25) is 0 Å². The summed E-state index contributed by atoms with van der Waals surface area (Å²) in [6.45, 7) is 10.1. The number of esters is 1. The number of carbonyl (C=O) groups excluding carboxylic acids is 1. The Bertz CT molecular complexity index is 1610. The van der Waals surface area contributed by atoms with Crippen molar-refractivity contribution in [2.24, 2.45) is 5.92 Å². The van der Waals surface area contributed by atoms with E-state index >= 15 is 0 Å². The van der Waals surface area contributed by atoms with Gasteiger partial charge in [-0.1, -0.05) is 18.2 Å². The molecule has 1 fully saturated rings. The van der Waals surface area contributed by atoms with Gasteiger partial charge in [-0.25, -0.2) is 19.0 Å². The van der Waals surface area contributed by atoms with Crippen molar-refractivity contribution in [2.45, 2.75) is 104 Å². The highest BCUT2D eigenvalue weighted by molar-refractivity contribution is 7.20. The first kappa shape index (κ1) is 32.5. The second-order valence-electron chi connectivity index (χ2n) is 12.2. The van der Waals surface area contributed by atoms with Crippen molar-refractivity contribution in [1.82, 2.24) is 9.13 Å². The van der Waals surface area contributed by atoms with Gasteiger partial charge in [-0.3, -0.25) is 9.36 Å². The number of carboxylic acid groups (broad SMARTS) is 1. The first-order valence-electron chi connectivity index (χ1n) is 14.9. The van der Waals surface area contributed by atoms with E-state index in [0.717, 1.165) is 34.3 Å². The number of hydrogen-bond acceptors (Lipinski definition) is 8. The smallest absolute Gasteiger partial charge is 0.348 e. The molecule has 0 radical (unpaired) electrons. The molecule has 0 amide bonds. The maximum absolute atomic E-state index is 14.2. The molecule has 2 aromatic heterocycles. The van der Waals surface area contributed by atoms with E-state index in [-0.39, 0.29) is 47.5 Å².